The fourth-order valence-corrected chi connectivity index (χ4v) is 2.13. The number of aromatic nitrogens is 1. The molecule has 1 heterocycles. The van der Waals surface area contributed by atoms with Gasteiger partial charge in [-0.2, -0.15) is 0 Å². The van der Waals surface area contributed by atoms with Gasteiger partial charge in [0.15, 0.2) is 5.76 Å². The van der Waals surface area contributed by atoms with Crippen LogP contribution in [-0.4, -0.2) is 10.1 Å². The zero-order chi connectivity index (χ0) is 13.1. The summed E-state index contributed by atoms with van der Waals surface area (Å²) in [6.45, 7) is 2.34. The van der Waals surface area contributed by atoms with Crippen molar-refractivity contribution in [3.8, 4) is 0 Å². The first kappa shape index (κ1) is 12.8. The van der Waals surface area contributed by atoms with Gasteiger partial charge in [0, 0.05) is 27.5 Å². The third-order valence-corrected chi connectivity index (χ3v) is 3.19. The highest BCUT2D eigenvalue weighted by atomic mass is 127. The van der Waals surface area contributed by atoms with Gasteiger partial charge in [0.2, 0.25) is 0 Å². The number of aryl methyl sites for hydroxylation is 1. The summed E-state index contributed by atoms with van der Waals surface area (Å²) in [4.78, 5) is 10.2. The van der Waals surface area contributed by atoms with Gasteiger partial charge in [-0.3, -0.25) is 10.1 Å². The first-order valence-electron chi connectivity index (χ1n) is 5.16. The molecular formula is C11H10IN3O3. The van der Waals surface area contributed by atoms with Crippen molar-refractivity contribution in [3.05, 3.63) is 49.4 Å². The van der Waals surface area contributed by atoms with Crippen LogP contribution in [0.2, 0.25) is 0 Å². The number of anilines is 1. The summed E-state index contributed by atoms with van der Waals surface area (Å²) < 4.78 is 5.85. The molecule has 1 aromatic heterocycles. The van der Waals surface area contributed by atoms with Crippen LogP contribution in [0.5, 0.6) is 0 Å². The van der Waals surface area contributed by atoms with E-state index in [1.165, 1.54) is 12.1 Å². The number of benzene rings is 1. The highest BCUT2D eigenvalue weighted by molar-refractivity contribution is 14.1. The molecule has 94 valence electrons. The number of hydrogen-bond acceptors (Lipinski definition) is 5. The van der Waals surface area contributed by atoms with Crippen molar-refractivity contribution in [2.24, 2.45) is 0 Å². The highest BCUT2D eigenvalue weighted by Crippen LogP contribution is 2.24. The number of nitro benzene ring substituents is 1. The zero-order valence-electron chi connectivity index (χ0n) is 9.51. The topological polar surface area (TPSA) is 81.2 Å². The average molecular weight is 359 g/mol. The zero-order valence-corrected chi connectivity index (χ0v) is 11.7. The molecule has 0 spiro atoms. The Hall–Kier alpha value is -1.64. The lowest BCUT2D eigenvalue weighted by atomic mass is 10.3. The van der Waals surface area contributed by atoms with E-state index < -0.39 is 4.92 Å². The predicted molar refractivity (Wildman–Crippen MR) is 74.4 cm³/mol. The number of hydrogen-bond donors (Lipinski definition) is 1. The molecule has 0 aliphatic carbocycles. The van der Waals surface area contributed by atoms with Crippen LogP contribution in [0.4, 0.5) is 11.4 Å². The smallest absolute Gasteiger partial charge is 0.270 e. The first-order chi connectivity index (χ1) is 8.56. The van der Waals surface area contributed by atoms with Crippen molar-refractivity contribution in [1.82, 2.24) is 5.16 Å². The van der Waals surface area contributed by atoms with E-state index >= 15 is 0 Å². The standard InChI is InChI=1S/C11H10IN3O3/c1-7-4-9(18-14-7)6-13-11-3-2-8(15(16)17)5-10(11)12/h2-5,13H,6H2,1H3. The highest BCUT2D eigenvalue weighted by Gasteiger charge is 2.09. The van der Waals surface area contributed by atoms with E-state index in [2.05, 4.69) is 33.1 Å². The van der Waals surface area contributed by atoms with Gasteiger partial charge >= 0.3 is 0 Å². The Balaban J connectivity index is 2.08. The SMILES string of the molecule is Cc1cc(CNc2ccc([N+](=O)[O-])cc2I)on1. The van der Waals surface area contributed by atoms with Gasteiger partial charge in [0.05, 0.1) is 17.2 Å². The molecule has 0 atom stereocenters. The van der Waals surface area contributed by atoms with Gasteiger partial charge in [0.1, 0.15) is 0 Å². The molecular weight excluding hydrogens is 349 g/mol. The Morgan fingerprint density at radius 1 is 1.50 bits per heavy atom. The minimum Gasteiger partial charge on any atom is -0.377 e. The third kappa shape index (κ3) is 2.97. The van der Waals surface area contributed by atoms with Crippen molar-refractivity contribution < 1.29 is 9.45 Å². The summed E-state index contributed by atoms with van der Waals surface area (Å²) in [5, 5.41) is 17.5. The summed E-state index contributed by atoms with van der Waals surface area (Å²) in [6, 6.07) is 6.51. The molecule has 2 rings (SSSR count). The van der Waals surface area contributed by atoms with E-state index in [-0.39, 0.29) is 5.69 Å². The lowest BCUT2D eigenvalue weighted by molar-refractivity contribution is -0.384. The number of rotatable bonds is 4. The number of halogens is 1. The van der Waals surface area contributed by atoms with Crippen LogP contribution in [-0.2, 0) is 6.54 Å². The maximum Gasteiger partial charge on any atom is 0.270 e. The quantitative estimate of drug-likeness (QED) is 0.515. The van der Waals surface area contributed by atoms with E-state index in [1.807, 2.05) is 13.0 Å². The van der Waals surface area contributed by atoms with Crippen molar-refractivity contribution in [2.45, 2.75) is 13.5 Å². The molecule has 0 saturated carbocycles. The molecule has 0 radical (unpaired) electrons. The molecule has 0 amide bonds. The van der Waals surface area contributed by atoms with Gasteiger partial charge < -0.3 is 9.84 Å². The minimum atomic E-state index is -0.411. The van der Waals surface area contributed by atoms with Crippen LogP contribution in [0.15, 0.2) is 28.8 Å². The second kappa shape index (κ2) is 5.34. The molecule has 7 heteroatoms. The van der Waals surface area contributed by atoms with E-state index in [4.69, 9.17) is 4.52 Å². The normalized spacial score (nSPS) is 10.3. The lowest BCUT2D eigenvalue weighted by Crippen LogP contribution is -2.00. The fourth-order valence-electron chi connectivity index (χ4n) is 1.44. The molecule has 0 saturated heterocycles. The van der Waals surface area contributed by atoms with Crippen LogP contribution in [0, 0.1) is 20.6 Å². The molecule has 1 aromatic carbocycles. The summed E-state index contributed by atoms with van der Waals surface area (Å²) >= 11 is 2.05. The van der Waals surface area contributed by atoms with Crippen LogP contribution in [0.1, 0.15) is 11.5 Å². The number of nitrogens with zero attached hydrogens (tertiary/aromatic N) is 2. The molecule has 1 N–H and O–H groups in total. The maximum absolute atomic E-state index is 10.6. The number of nitrogens with one attached hydrogen (secondary N) is 1. The number of nitro groups is 1. The Kier molecular flexibility index (Phi) is 3.80. The van der Waals surface area contributed by atoms with Crippen molar-refractivity contribution in [3.63, 3.8) is 0 Å². The summed E-state index contributed by atoms with van der Waals surface area (Å²) in [5.41, 5.74) is 1.74. The van der Waals surface area contributed by atoms with Crippen LogP contribution < -0.4 is 5.32 Å². The second-order valence-electron chi connectivity index (χ2n) is 3.71. The Morgan fingerprint density at radius 3 is 2.83 bits per heavy atom. The number of non-ortho nitro benzene ring substituents is 1. The summed E-state index contributed by atoms with van der Waals surface area (Å²) in [6.07, 6.45) is 0. The fraction of sp³-hybridized carbons (Fsp3) is 0.182. The van der Waals surface area contributed by atoms with E-state index in [0.717, 1.165) is 20.7 Å². The summed E-state index contributed by atoms with van der Waals surface area (Å²) in [5.74, 6) is 0.724. The molecule has 0 bridgehead atoms. The van der Waals surface area contributed by atoms with E-state index in [1.54, 1.807) is 6.07 Å². The van der Waals surface area contributed by atoms with Gasteiger partial charge in [-0.05, 0) is 35.6 Å². The molecule has 0 aliphatic heterocycles. The Labute approximate surface area is 117 Å². The van der Waals surface area contributed by atoms with E-state index in [9.17, 15) is 10.1 Å². The van der Waals surface area contributed by atoms with Gasteiger partial charge in [-0.1, -0.05) is 5.16 Å². The molecule has 6 nitrogen and oxygen atoms in total. The van der Waals surface area contributed by atoms with Crippen LogP contribution >= 0.6 is 22.6 Å². The van der Waals surface area contributed by atoms with Crippen LogP contribution in [0.25, 0.3) is 0 Å². The van der Waals surface area contributed by atoms with Gasteiger partial charge in [-0.15, -0.1) is 0 Å². The largest absolute Gasteiger partial charge is 0.377 e. The maximum atomic E-state index is 10.6. The molecule has 0 unspecified atom stereocenters. The van der Waals surface area contributed by atoms with E-state index in [0.29, 0.717) is 6.54 Å². The average Bonchev–Trinajstić information content (AvgIpc) is 2.73. The Morgan fingerprint density at radius 2 is 2.28 bits per heavy atom. The monoisotopic (exact) mass is 359 g/mol. The third-order valence-electron chi connectivity index (χ3n) is 2.29. The predicted octanol–water partition coefficient (Wildman–Crippen LogP) is 3.11. The van der Waals surface area contributed by atoms with Crippen LogP contribution in [0.3, 0.4) is 0 Å². The minimum absolute atomic E-state index is 0.0838. The first-order valence-corrected chi connectivity index (χ1v) is 6.24. The van der Waals surface area contributed by atoms with Crippen molar-refractivity contribution in [2.75, 3.05) is 5.32 Å². The molecule has 0 fully saturated rings. The van der Waals surface area contributed by atoms with Crippen molar-refractivity contribution in [1.29, 1.82) is 0 Å². The van der Waals surface area contributed by atoms with Gasteiger partial charge in [-0.25, -0.2) is 0 Å². The van der Waals surface area contributed by atoms with Crippen molar-refractivity contribution >= 4 is 34.0 Å². The lowest BCUT2D eigenvalue weighted by Gasteiger charge is -2.06. The Bertz CT molecular complexity index is 583. The molecule has 2 aromatic rings. The summed E-state index contributed by atoms with van der Waals surface area (Å²) in [7, 11) is 0. The molecule has 0 aliphatic rings. The second-order valence-corrected chi connectivity index (χ2v) is 4.87. The molecule has 18 heavy (non-hydrogen) atoms. The van der Waals surface area contributed by atoms with Gasteiger partial charge in [0.25, 0.3) is 5.69 Å².